The third-order valence-electron chi connectivity index (χ3n) is 3.40. The van der Waals surface area contributed by atoms with Crippen molar-refractivity contribution in [2.24, 2.45) is 5.92 Å². The number of fused-ring (bicyclic) bond motifs is 1. The summed E-state index contributed by atoms with van der Waals surface area (Å²) in [5, 5.41) is 0.0231. The largest absolute Gasteiger partial charge is 0.461 e. The van der Waals surface area contributed by atoms with Crippen LogP contribution >= 0.6 is 11.8 Å². The SMILES string of the molecule is O=C1O[C@H]2CCC[C@@H]2[C@@H]1Sc1ccccc1. The van der Waals surface area contributed by atoms with Gasteiger partial charge in [0, 0.05) is 10.8 Å². The number of thioether (sulfide) groups is 1. The van der Waals surface area contributed by atoms with Crippen LogP contribution in [0.2, 0.25) is 0 Å². The molecule has 0 bridgehead atoms. The van der Waals surface area contributed by atoms with Crippen molar-refractivity contribution in [1.82, 2.24) is 0 Å². The molecule has 0 aromatic heterocycles. The van der Waals surface area contributed by atoms with Gasteiger partial charge in [0.05, 0.1) is 0 Å². The molecular weight excluding hydrogens is 220 g/mol. The van der Waals surface area contributed by atoms with E-state index < -0.39 is 0 Å². The fourth-order valence-corrected chi connectivity index (χ4v) is 3.86. The second kappa shape index (κ2) is 4.13. The summed E-state index contributed by atoms with van der Waals surface area (Å²) >= 11 is 1.66. The molecule has 16 heavy (non-hydrogen) atoms. The lowest BCUT2D eigenvalue weighted by Gasteiger charge is -2.12. The van der Waals surface area contributed by atoms with Crippen LogP contribution in [-0.4, -0.2) is 17.3 Å². The summed E-state index contributed by atoms with van der Waals surface area (Å²) < 4.78 is 5.41. The summed E-state index contributed by atoms with van der Waals surface area (Å²) in [5.41, 5.74) is 0. The molecule has 1 aromatic carbocycles. The molecule has 0 unspecified atom stereocenters. The van der Waals surface area contributed by atoms with E-state index >= 15 is 0 Å². The maximum atomic E-state index is 11.7. The highest BCUT2D eigenvalue weighted by Crippen LogP contribution is 2.44. The van der Waals surface area contributed by atoms with Gasteiger partial charge in [-0.1, -0.05) is 18.2 Å². The molecule has 1 saturated carbocycles. The van der Waals surface area contributed by atoms with Crippen molar-refractivity contribution < 1.29 is 9.53 Å². The second-order valence-electron chi connectivity index (χ2n) is 4.42. The Hall–Kier alpha value is -0.960. The van der Waals surface area contributed by atoms with Crippen molar-refractivity contribution >= 4 is 17.7 Å². The van der Waals surface area contributed by atoms with E-state index in [1.54, 1.807) is 11.8 Å². The Labute approximate surface area is 99.4 Å². The molecule has 3 rings (SSSR count). The molecule has 0 N–H and O–H groups in total. The zero-order valence-electron chi connectivity index (χ0n) is 8.96. The monoisotopic (exact) mass is 234 g/mol. The van der Waals surface area contributed by atoms with E-state index in [9.17, 15) is 4.79 Å². The van der Waals surface area contributed by atoms with Gasteiger partial charge in [-0.2, -0.15) is 0 Å². The van der Waals surface area contributed by atoms with Crippen molar-refractivity contribution in [2.45, 2.75) is 35.5 Å². The molecule has 2 nitrogen and oxygen atoms in total. The van der Waals surface area contributed by atoms with Gasteiger partial charge in [0.1, 0.15) is 11.4 Å². The smallest absolute Gasteiger partial charge is 0.320 e. The number of ether oxygens (including phenoxy) is 1. The van der Waals surface area contributed by atoms with E-state index in [-0.39, 0.29) is 17.3 Å². The van der Waals surface area contributed by atoms with Crippen LogP contribution in [0.4, 0.5) is 0 Å². The molecule has 84 valence electrons. The zero-order valence-corrected chi connectivity index (χ0v) is 9.78. The Balaban J connectivity index is 1.77. The summed E-state index contributed by atoms with van der Waals surface area (Å²) in [4.78, 5) is 12.9. The van der Waals surface area contributed by atoms with E-state index in [1.807, 2.05) is 18.2 Å². The van der Waals surface area contributed by atoms with Gasteiger partial charge in [-0.15, -0.1) is 11.8 Å². The average Bonchev–Trinajstić information content (AvgIpc) is 2.84. The van der Waals surface area contributed by atoms with E-state index in [0.29, 0.717) is 5.92 Å². The molecule has 3 atom stereocenters. The standard InChI is InChI=1S/C13H14O2S/c14-13-12(10-7-4-8-11(10)15-13)16-9-5-2-1-3-6-9/h1-3,5-6,10-12H,4,7-8H2/t10-,11-,12-/m0/s1. The van der Waals surface area contributed by atoms with Gasteiger partial charge in [0.25, 0.3) is 0 Å². The first-order valence-electron chi connectivity index (χ1n) is 5.77. The molecule has 1 heterocycles. The number of esters is 1. The lowest BCUT2D eigenvalue weighted by atomic mass is 10.0. The molecule has 0 amide bonds. The minimum atomic E-state index is -0.0106. The fraction of sp³-hybridized carbons (Fsp3) is 0.462. The zero-order chi connectivity index (χ0) is 11.0. The van der Waals surface area contributed by atoms with Crippen molar-refractivity contribution in [2.75, 3.05) is 0 Å². The summed E-state index contributed by atoms with van der Waals surface area (Å²) in [6.07, 6.45) is 3.60. The van der Waals surface area contributed by atoms with Gasteiger partial charge in [-0.3, -0.25) is 4.79 Å². The Morgan fingerprint density at radius 3 is 2.81 bits per heavy atom. The van der Waals surface area contributed by atoms with Crippen LogP contribution in [0.3, 0.4) is 0 Å². The molecule has 0 radical (unpaired) electrons. The minimum Gasteiger partial charge on any atom is -0.461 e. The number of hydrogen-bond acceptors (Lipinski definition) is 3. The van der Waals surface area contributed by atoms with Crippen LogP contribution < -0.4 is 0 Å². The van der Waals surface area contributed by atoms with Gasteiger partial charge in [0.2, 0.25) is 0 Å². The first-order chi connectivity index (χ1) is 7.84. The number of benzene rings is 1. The third-order valence-corrected chi connectivity index (χ3v) is 4.74. The Bertz CT molecular complexity index is 390. The first kappa shape index (κ1) is 10.2. The van der Waals surface area contributed by atoms with Crippen LogP contribution in [0.15, 0.2) is 35.2 Å². The summed E-state index contributed by atoms with van der Waals surface area (Å²) in [7, 11) is 0. The quantitative estimate of drug-likeness (QED) is 0.736. The summed E-state index contributed by atoms with van der Waals surface area (Å²) in [5.74, 6) is 0.432. The molecule has 2 fully saturated rings. The van der Waals surface area contributed by atoms with E-state index in [2.05, 4.69) is 12.1 Å². The Morgan fingerprint density at radius 1 is 1.19 bits per heavy atom. The van der Waals surface area contributed by atoms with E-state index in [1.165, 1.54) is 6.42 Å². The van der Waals surface area contributed by atoms with Gasteiger partial charge in [-0.05, 0) is 31.4 Å². The number of hydrogen-bond donors (Lipinski definition) is 0. The molecule has 2 aliphatic rings. The van der Waals surface area contributed by atoms with Crippen LogP contribution in [0.25, 0.3) is 0 Å². The van der Waals surface area contributed by atoms with Gasteiger partial charge >= 0.3 is 5.97 Å². The summed E-state index contributed by atoms with van der Waals surface area (Å²) in [6.45, 7) is 0. The third kappa shape index (κ3) is 1.73. The lowest BCUT2D eigenvalue weighted by Crippen LogP contribution is -2.18. The first-order valence-corrected chi connectivity index (χ1v) is 6.65. The Morgan fingerprint density at radius 2 is 2.00 bits per heavy atom. The fourth-order valence-electron chi connectivity index (χ4n) is 2.62. The molecule has 0 spiro atoms. The number of rotatable bonds is 2. The van der Waals surface area contributed by atoms with Crippen molar-refractivity contribution in [1.29, 1.82) is 0 Å². The molecular formula is C13H14O2S. The predicted molar refractivity (Wildman–Crippen MR) is 63.3 cm³/mol. The van der Waals surface area contributed by atoms with Crippen LogP contribution in [0.1, 0.15) is 19.3 Å². The van der Waals surface area contributed by atoms with E-state index in [0.717, 1.165) is 17.7 Å². The predicted octanol–water partition coefficient (Wildman–Crippen LogP) is 2.87. The van der Waals surface area contributed by atoms with Crippen LogP contribution in [-0.2, 0) is 9.53 Å². The maximum absolute atomic E-state index is 11.7. The topological polar surface area (TPSA) is 26.3 Å². The molecule has 1 aromatic rings. The average molecular weight is 234 g/mol. The summed E-state index contributed by atoms with van der Waals surface area (Å²) in [6, 6.07) is 10.1. The van der Waals surface area contributed by atoms with Gasteiger partial charge < -0.3 is 4.74 Å². The lowest BCUT2D eigenvalue weighted by molar-refractivity contribution is -0.141. The highest BCUT2D eigenvalue weighted by molar-refractivity contribution is 8.00. The van der Waals surface area contributed by atoms with Crippen LogP contribution in [0.5, 0.6) is 0 Å². The highest BCUT2D eigenvalue weighted by Gasteiger charge is 2.47. The van der Waals surface area contributed by atoms with E-state index in [4.69, 9.17) is 4.74 Å². The van der Waals surface area contributed by atoms with Crippen molar-refractivity contribution in [3.8, 4) is 0 Å². The van der Waals surface area contributed by atoms with Crippen molar-refractivity contribution in [3.05, 3.63) is 30.3 Å². The second-order valence-corrected chi connectivity index (χ2v) is 5.64. The van der Waals surface area contributed by atoms with Gasteiger partial charge in [0.15, 0.2) is 0 Å². The van der Waals surface area contributed by atoms with Crippen molar-refractivity contribution in [3.63, 3.8) is 0 Å². The number of carbonyl (C=O) groups is 1. The molecule has 1 aliphatic carbocycles. The highest BCUT2D eigenvalue weighted by atomic mass is 32.2. The molecule has 3 heteroatoms. The minimum absolute atomic E-state index is 0.0106. The maximum Gasteiger partial charge on any atom is 0.320 e. The molecule has 1 saturated heterocycles. The Kier molecular flexibility index (Phi) is 2.64. The van der Waals surface area contributed by atoms with Crippen LogP contribution in [0, 0.1) is 5.92 Å². The number of carbonyl (C=O) groups excluding carboxylic acids is 1. The van der Waals surface area contributed by atoms with Gasteiger partial charge in [-0.25, -0.2) is 0 Å². The normalized spacial score (nSPS) is 32.5. The molecule has 1 aliphatic heterocycles.